The molecule has 0 aromatic carbocycles. The quantitative estimate of drug-likeness (QED) is 0.767. The Hall–Kier alpha value is -2.12. The van der Waals surface area contributed by atoms with Gasteiger partial charge in [-0.1, -0.05) is 11.6 Å². The van der Waals surface area contributed by atoms with E-state index in [-0.39, 0.29) is 6.54 Å². The van der Waals surface area contributed by atoms with Crippen molar-refractivity contribution in [1.29, 1.82) is 0 Å². The predicted molar refractivity (Wildman–Crippen MR) is 78.1 cm³/mol. The van der Waals surface area contributed by atoms with E-state index >= 15 is 0 Å². The summed E-state index contributed by atoms with van der Waals surface area (Å²) in [4.78, 5) is 29.4. The maximum absolute atomic E-state index is 11.8. The lowest BCUT2D eigenvalue weighted by molar-refractivity contribution is -0.217. The molecule has 1 fully saturated rings. The van der Waals surface area contributed by atoms with E-state index in [0.717, 1.165) is 18.6 Å². The third-order valence-electron chi connectivity index (χ3n) is 3.37. The molecule has 1 N–H and O–H groups in total. The van der Waals surface area contributed by atoms with Gasteiger partial charge in [-0.2, -0.15) is 0 Å². The van der Waals surface area contributed by atoms with E-state index < -0.39 is 17.8 Å². The first-order chi connectivity index (χ1) is 10.6. The number of aromatic nitrogens is 1. The molecule has 1 aromatic rings. The molecule has 0 aliphatic carbocycles. The van der Waals surface area contributed by atoms with Gasteiger partial charge in [0, 0.05) is 24.9 Å². The van der Waals surface area contributed by atoms with Gasteiger partial charge in [0.1, 0.15) is 0 Å². The summed E-state index contributed by atoms with van der Waals surface area (Å²) in [5, 5.41) is 3.55. The molecule has 3 heterocycles. The number of anilines is 1. The molecule has 2 aliphatic heterocycles. The van der Waals surface area contributed by atoms with Gasteiger partial charge < -0.3 is 14.8 Å². The van der Waals surface area contributed by atoms with Gasteiger partial charge in [0.15, 0.2) is 0 Å². The van der Waals surface area contributed by atoms with Crippen LogP contribution in [0.4, 0.5) is 5.69 Å². The molecular formula is C14H14ClN3O4. The highest BCUT2D eigenvalue weighted by Crippen LogP contribution is 2.30. The van der Waals surface area contributed by atoms with Crippen LogP contribution in [0.3, 0.4) is 0 Å². The summed E-state index contributed by atoms with van der Waals surface area (Å²) in [6, 6.07) is 1.68. The van der Waals surface area contributed by atoms with Crippen molar-refractivity contribution < 1.29 is 19.1 Å². The highest BCUT2D eigenvalue weighted by Gasteiger charge is 2.47. The third-order valence-corrected chi connectivity index (χ3v) is 3.58. The highest BCUT2D eigenvalue weighted by molar-refractivity contribution is 6.30. The van der Waals surface area contributed by atoms with Crippen molar-refractivity contribution in [1.82, 2.24) is 10.3 Å². The molecule has 3 rings (SSSR count). The number of carbonyl (C=O) groups is 2. The van der Waals surface area contributed by atoms with Crippen LogP contribution in [0.1, 0.15) is 6.42 Å². The Kier molecular flexibility index (Phi) is 4.00. The molecule has 0 unspecified atom stereocenters. The van der Waals surface area contributed by atoms with Gasteiger partial charge in [-0.3, -0.25) is 9.88 Å². The van der Waals surface area contributed by atoms with Crippen LogP contribution in [-0.4, -0.2) is 42.5 Å². The Morgan fingerprint density at radius 3 is 2.64 bits per heavy atom. The first-order valence-corrected chi connectivity index (χ1v) is 7.20. The molecule has 22 heavy (non-hydrogen) atoms. The van der Waals surface area contributed by atoms with Crippen LogP contribution < -0.4 is 10.2 Å². The van der Waals surface area contributed by atoms with E-state index in [9.17, 15) is 9.59 Å². The van der Waals surface area contributed by atoms with Crippen molar-refractivity contribution in [2.24, 2.45) is 0 Å². The van der Waals surface area contributed by atoms with E-state index in [2.05, 4.69) is 10.3 Å². The molecule has 1 saturated heterocycles. The van der Waals surface area contributed by atoms with Crippen molar-refractivity contribution in [3.8, 4) is 0 Å². The first kappa shape index (κ1) is 14.8. The summed E-state index contributed by atoms with van der Waals surface area (Å²) in [5.41, 5.74) is 0.610. The summed E-state index contributed by atoms with van der Waals surface area (Å²) in [6.07, 6.45) is 5.96. The van der Waals surface area contributed by atoms with Crippen molar-refractivity contribution in [3.63, 3.8) is 0 Å². The second-order valence-corrected chi connectivity index (χ2v) is 5.37. The molecular weight excluding hydrogens is 310 g/mol. The molecule has 0 amide bonds. The molecule has 0 atom stereocenters. The minimum absolute atomic E-state index is 0.151. The number of rotatable bonds is 1. The number of halogens is 1. The molecule has 0 radical (unpaired) electrons. The number of hydrogen-bond acceptors (Lipinski definition) is 7. The lowest BCUT2D eigenvalue weighted by Crippen LogP contribution is -2.58. The van der Waals surface area contributed by atoms with Crippen molar-refractivity contribution >= 4 is 29.2 Å². The Bertz CT molecular complexity index is 614. The molecule has 2 aliphatic rings. The predicted octanol–water partition coefficient (Wildman–Crippen LogP) is 0.845. The smallest absolute Gasteiger partial charge is 0.356 e. The first-order valence-electron chi connectivity index (χ1n) is 6.82. The molecule has 0 bridgehead atoms. The Labute approximate surface area is 131 Å². The normalized spacial score (nSPS) is 21.0. The average molecular weight is 324 g/mol. The summed E-state index contributed by atoms with van der Waals surface area (Å²) in [6.45, 7) is 1.36. The highest BCUT2D eigenvalue weighted by atomic mass is 35.5. The molecule has 1 aromatic heterocycles. The van der Waals surface area contributed by atoms with E-state index in [1.807, 2.05) is 0 Å². The number of pyridine rings is 1. The van der Waals surface area contributed by atoms with E-state index in [1.165, 1.54) is 6.20 Å². The van der Waals surface area contributed by atoms with Gasteiger partial charge in [-0.05, 0) is 19.0 Å². The van der Waals surface area contributed by atoms with Crippen LogP contribution in [0.5, 0.6) is 0 Å². The molecule has 116 valence electrons. The number of carbonyl (C=O) groups excluding carboxylic acids is 2. The second kappa shape index (κ2) is 5.94. The van der Waals surface area contributed by atoms with Gasteiger partial charge in [0.25, 0.3) is 0 Å². The fourth-order valence-corrected chi connectivity index (χ4v) is 2.64. The summed E-state index contributed by atoms with van der Waals surface area (Å²) in [7, 11) is 0. The maximum atomic E-state index is 11.8. The van der Waals surface area contributed by atoms with Crippen molar-refractivity contribution in [2.45, 2.75) is 12.3 Å². The zero-order valence-electron chi connectivity index (χ0n) is 11.6. The minimum Gasteiger partial charge on any atom is -0.399 e. The Morgan fingerprint density at radius 2 is 1.95 bits per heavy atom. The number of nitrogens with zero attached hydrogens (tertiary/aromatic N) is 2. The topological polar surface area (TPSA) is 80.8 Å². The third kappa shape index (κ3) is 2.90. The average Bonchev–Trinajstić information content (AvgIpc) is 2.75. The zero-order chi connectivity index (χ0) is 15.6. The summed E-state index contributed by atoms with van der Waals surface area (Å²) in [5.74, 6) is -2.84. The van der Waals surface area contributed by atoms with Gasteiger partial charge >= 0.3 is 17.8 Å². The van der Waals surface area contributed by atoms with Gasteiger partial charge in [0.2, 0.25) is 0 Å². The number of hydrogen-bond donors (Lipinski definition) is 1. The van der Waals surface area contributed by atoms with Gasteiger partial charge in [-0.15, -0.1) is 0 Å². The van der Waals surface area contributed by atoms with E-state index in [1.54, 1.807) is 17.2 Å². The van der Waals surface area contributed by atoms with Crippen LogP contribution in [0.15, 0.2) is 30.6 Å². The van der Waals surface area contributed by atoms with Crippen molar-refractivity contribution in [3.05, 3.63) is 35.6 Å². The second-order valence-electron chi connectivity index (χ2n) is 4.93. The minimum atomic E-state index is -1.56. The van der Waals surface area contributed by atoms with Crippen LogP contribution in [0, 0.1) is 0 Å². The van der Waals surface area contributed by atoms with Crippen LogP contribution in [-0.2, 0) is 19.1 Å². The number of esters is 2. The summed E-state index contributed by atoms with van der Waals surface area (Å²) >= 11 is 5.99. The monoisotopic (exact) mass is 323 g/mol. The largest absolute Gasteiger partial charge is 0.399 e. The van der Waals surface area contributed by atoms with Crippen molar-refractivity contribution in [2.75, 3.05) is 24.5 Å². The SMILES string of the molecule is O=C1C=CC(=O)OC2(CNCCCN2c2cncc(Cl)c2)O1. The lowest BCUT2D eigenvalue weighted by Gasteiger charge is -2.40. The maximum Gasteiger partial charge on any atom is 0.356 e. The number of ether oxygens (including phenoxy) is 2. The lowest BCUT2D eigenvalue weighted by atomic mass is 10.3. The van der Waals surface area contributed by atoms with E-state index in [0.29, 0.717) is 23.8 Å². The van der Waals surface area contributed by atoms with Gasteiger partial charge in [-0.25, -0.2) is 9.59 Å². The van der Waals surface area contributed by atoms with Gasteiger partial charge in [0.05, 0.1) is 23.5 Å². The molecule has 1 spiro atoms. The molecule has 8 heteroatoms. The molecule has 7 nitrogen and oxygen atoms in total. The van der Waals surface area contributed by atoms with Crippen LogP contribution in [0.2, 0.25) is 5.02 Å². The standard InChI is InChI=1S/C14H14ClN3O4/c15-10-6-11(8-17-7-10)18-5-1-4-16-9-14(18)21-12(19)2-3-13(20)22-14/h2-3,6-8,16H,1,4-5,9H2. The Morgan fingerprint density at radius 1 is 1.23 bits per heavy atom. The zero-order valence-corrected chi connectivity index (χ0v) is 12.4. The fraction of sp³-hybridized carbons (Fsp3) is 0.357. The fourth-order valence-electron chi connectivity index (χ4n) is 2.47. The summed E-state index contributed by atoms with van der Waals surface area (Å²) < 4.78 is 10.8. The number of nitrogens with one attached hydrogen (secondary N) is 1. The van der Waals surface area contributed by atoms with Crippen LogP contribution >= 0.6 is 11.6 Å². The Balaban J connectivity index is 2.03. The molecule has 0 saturated carbocycles. The van der Waals surface area contributed by atoms with E-state index in [4.69, 9.17) is 21.1 Å². The van der Waals surface area contributed by atoms with Crippen LogP contribution in [0.25, 0.3) is 0 Å².